The lowest BCUT2D eigenvalue weighted by Gasteiger charge is -2.32. The van der Waals surface area contributed by atoms with Gasteiger partial charge in [0.25, 0.3) is 5.56 Å². The number of nitrogens with zero attached hydrogens (tertiary/aromatic N) is 5. The van der Waals surface area contributed by atoms with Crippen molar-refractivity contribution in [3.05, 3.63) is 20.8 Å². The summed E-state index contributed by atoms with van der Waals surface area (Å²) in [5, 5.41) is 0. The van der Waals surface area contributed by atoms with E-state index in [2.05, 4.69) is 25.7 Å². The number of anilines is 1. The Morgan fingerprint density at radius 1 is 1.21 bits per heavy atom. The number of hydrogen-bond donors (Lipinski definition) is 0. The van der Waals surface area contributed by atoms with E-state index in [0.717, 1.165) is 25.5 Å². The van der Waals surface area contributed by atoms with E-state index in [0.29, 0.717) is 29.5 Å². The second-order valence-electron chi connectivity index (χ2n) is 7.49. The number of rotatable bonds is 3. The summed E-state index contributed by atoms with van der Waals surface area (Å²) in [6.45, 7) is 9.10. The second kappa shape index (κ2) is 6.11. The lowest BCUT2D eigenvalue weighted by molar-refractivity contribution is 0.433. The highest BCUT2D eigenvalue weighted by Crippen LogP contribution is 2.25. The average Bonchev–Trinajstić information content (AvgIpc) is 2.89. The molecule has 2 aromatic rings. The SMILES string of the molecule is CC(C)Cn1c(N2CCCC(C)C2)nc2c1c(=O)n(C)c(=O)n2C. The van der Waals surface area contributed by atoms with Crippen molar-refractivity contribution in [3.63, 3.8) is 0 Å². The predicted molar refractivity (Wildman–Crippen MR) is 95.7 cm³/mol. The zero-order valence-electron chi connectivity index (χ0n) is 15.2. The third-order valence-electron chi connectivity index (χ3n) is 4.82. The fourth-order valence-electron chi connectivity index (χ4n) is 3.59. The van der Waals surface area contributed by atoms with E-state index < -0.39 is 0 Å². The van der Waals surface area contributed by atoms with Gasteiger partial charge in [0.15, 0.2) is 11.2 Å². The normalized spacial score (nSPS) is 18.8. The number of hydrogen-bond acceptors (Lipinski definition) is 4. The summed E-state index contributed by atoms with van der Waals surface area (Å²) in [5.74, 6) is 1.81. The van der Waals surface area contributed by atoms with Gasteiger partial charge < -0.3 is 9.47 Å². The predicted octanol–water partition coefficient (Wildman–Crippen LogP) is 1.33. The minimum atomic E-state index is -0.333. The van der Waals surface area contributed by atoms with Gasteiger partial charge in [0, 0.05) is 33.7 Å². The van der Waals surface area contributed by atoms with E-state index in [1.54, 1.807) is 7.05 Å². The van der Waals surface area contributed by atoms with E-state index in [1.165, 1.54) is 22.6 Å². The minimum absolute atomic E-state index is 0.266. The molecule has 0 aromatic carbocycles. The van der Waals surface area contributed by atoms with Crippen LogP contribution in [0.25, 0.3) is 11.2 Å². The van der Waals surface area contributed by atoms with E-state index in [1.807, 2.05) is 4.57 Å². The number of piperidine rings is 1. The molecule has 1 saturated heterocycles. The Labute approximate surface area is 141 Å². The highest BCUT2D eigenvalue weighted by molar-refractivity contribution is 5.74. The molecular formula is C17H27N5O2. The second-order valence-corrected chi connectivity index (χ2v) is 7.49. The largest absolute Gasteiger partial charge is 0.342 e. The molecule has 7 heteroatoms. The molecular weight excluding hydrogens is 306 g/mol. The Bertz CT molecular complexity index is 874. The van der Waals surface area contributed by atoms with Crippen molar-refractivity contribution < 1.29 is 0 Å². The highest BCUT2D eigenvalue weighted by Gasteiger charge is 2.25. The van der Waals surface area contributed by atoms with Crippen molar-refractivity contribution in [3.8, 4) is 0 Å². The van der Waals surface area contributed by atoms with Crippen LogP contribution in [0.1, 0.15) is 33.6 Å². The first kappa shape index (κ1) is 16.8. The van der Waals surface area contributed by atoms with Crippen molar-refractivity contribution in [2.45, 2.75) is 40.2 Å². The Morgan fingerprint density at radius 3 is 2.54 bits per heavy atom. The Morgan fingerprint density at radius 2 is 1.92 bits per heavy atom. The standard InChI is InChI=1S/C17H27N5O2/c1-11(2)9-22-13-14(19(4)17(24)20(5)15(13)23)18-16(22)21-8-6-7-12(3)10-21/h11-12H,6-10H2,1-5H3. The Kier molecular flexibility index (Phi) is 4.27. The Balaban J connectivity index is 2.29. The van der Waals surface area contributed by atoms with Gasteiger partial charge in [-0.05, 0) is 24.7 Å². The van der Waals surface area contributed by atoms with Crippen LogP contribution in [0.4, 0.5) is 5.95 Å². The molecule has 2 aromatic heterocycles. The summed E-state index contributed by atoms with van der Waals surface area (Å²) in [4.78, 5) is 32.0. The molecule has 0 N–H and O–H groups in total. The van der Waals surface area contributed by atoms with Gasteiger partial charge in [-0.25, -0.2) is 4.79 Å². The maximum Gasteiger partial charge on any atom is 0.332 e. The monoisotopic (exact) mass is 333 g/mol. The van der Waals surface area contributed by atoms with E-state index >= 15 is 0 Å². The summed E-state index contributed by atoms with van der Waals surface area (Å²) >= 11 is 0. The molecule has 7 nitrogen and oxygen atoms in total. The molecule has 24 heavy (non-hydrogen) atoms. The summed E-state index contributed by atoms with van der Waals surface area (Å²) < 4.78 is 4.66. The van der Waals surface area contributed by atoms with Crippen LogP contribution in [0.3, 0.4) is 0 Å². The van der Waals surface area contributed by atoms with Crippen LogP contribution in [-0.4, -0.2) is 31.8 Å². The number of aromatic nitrogens is 4. The van der Waals surface area contributed by atoms with E-state index in [4.69, 9.17) is 4.98 Å². The van der Waals surface area contributed by atoms with E-state index in [-0.39, 0.29) is 11.2 Å². The Hall–Kier alpha value is -2.05. The van der Waals surface area contributed by atoms with Crippen LogP contribution < -0.4 is 16.1 Å². The molecule has 3 rings (SSSR count). The van der Waals surface area contributed by atoms with Crippen LogP contribution in [0, 0.1) is 11.8 Å². The van der Waals surface area contributed by atoms with Crippen molar-refractivity contribution in [2.24, 2.45) is 25.9 Å². The fraction of sp³-hybridized carbons (Fsp3) is 0.706. The van der Waals surface area contributed by atoms with Crippen LogP contribution in [0.5, 0.6) is 0 Å². The quantitative estimate of drug-likeness (QED) is 0.850. The van der Waals surface area contributed by atoms with Crippen molar-refractivity contribution >= 4 is 17.1 Å². The molecule has 0 saturated carbocycles. The lowest BCUT2D eigenvalue weighted by atomic mass is 10.0. The molecule has 0 bridgehead atoms. The number of aryl methyl sites for hydroxylation is 1. The first-order chi connectivity index (χ1) is 11.3. The zero-order valence-corrected chi connectivity index (χ0v) is 15.2. The van der Waals surface area contributed by atoms with Crippen molar-refractivity contribution in [1.82, 2.24) is 18.7 Å². The van der Waals surface area contributed by atoms with Crippen LogP contribution in [-0.2, 0) is 20.6 Å². The van der Waals surface area contributed by atoms with Gasteiger partial charge in [0.1, 0.15) is 0 Å². The summed E-state index contributed by atoms with van der Waals surface area (Å²) in [7, 11) is 3.21. The van der Waals surface area contributed by atoms with Gasteiger partial charge in [-0.1, -0.05) is 20.8 Å². The highest BCUT2D eigenvalue weighted by atomic mass is 16.2. The number of fused-ring (bicyclic) bond motifs is 1. The molecule has 3 heterocycles. The molecule has 0 amide bonds. The van der Waals surface area contributed by atoms with Gasteiger partial charge in [-0.15, -0.1) is 0 Å². The third kappa shape index (κ3) is 2.65. The van der Waals surface area contributed by atoms with Crippen molar-refractivity contribution in [2.75, 3.05) is 18.0 Å². The zero-order chi connectivity index (χ0) is 17.6. The molecule has 1 unspecified atom stereocenters. The molecule has 1 aliphatic heterocycles. The maximum atomic E-state index is 12.7. The van der Waals surface area contributed by atoms with Gasteiger partial charge in [-0.2, -0.15) is 4.98 Å². The fourth-order valence-corrected chi connectivity index (χ4v) is 3.59. The first-order valence-electron chi connectivity index (χ1n) is 8.72. The molecule has 1 atom stereocenters. The minimum Gasteiger partial charge on any atom is -0.342 e. The third-order valence-corrected chi connectivity index (χ3v) is 4.82. The van der Waals surface area contributed by atoms with Crippen LogP contribution in [0.15, 0.2) is 9.59 Å². The van der Waals surface area contributed by atoms with Gasteiger partial charge in [-0.3, -0.25) is 13.9 Å². The molecule has 1 fully saturated rings. The molecule has 132 valence electrons. The van der Waals surface area contributed by atoms with Crippen molar-refractivity contribution in [1.29, 1.82) is 0 Å². The van der Waals surface area contributed by atoms with E-state index in [9.17, 15) is 9.59 Å². The first-order valence-corrected chi connectivity index (χ1v) is 8.72. The smallest absolute Gasteiger partial charge is 0.332 e. The topological polar surface area (TPSA) is 65.1 Å². The summed E-state index contributed by atoms with van der Waals surface area (Å²) in [5.41, 5.74) is 0.413. The molecule has 0 spiro atoms. The van der Waals surface area contributed by atoms with Gasteiger partial charge in [0.2, 0.25) is 5.95 Å². The summed E-state index contributed by atoms with van der Waals surface area (Å²) in [6.07, 6.45) is 2.35. The average molecular weight is 333 g/mol. The van der Waals surface area contributed by atoms with Gasteiger partial charge in [0.05, 0.1) is 0 Å². The molecule has 0 radical (unpaired) electrons. The van der Waals surface area contributed by atoms with Crippen LogP contribution >= 0.6 is 0 Å². The van der Waals surface area contributed by atoms with Gasteiger partial charge >= 0.3 is 5.69 Å². The number of imidazole rings is 1. The molecule has 1 aliphatic rings. The maximum absolute atomic E-state index is 12.7. The molecule has 0 aliphatic carbocycles. The van der Waals surface area contributed by atoms with Crippen LogP contribution in [0.2, 0.25) is 0 Å². The summed E-state index contributed by atoms with van der Waals surface area (Å²) in [6, 6.07) is 0. The lowest BCUT2D eigenvalue weighted by Crippen LogP contribution is -2.38.